The highest BCUT2D eigenvalue weighted by molar-refractivity contribution is 7.91. The van der Waals surface area contributed by atoms with Gasteiger partial charge in [0, 0.05) is 32.5 Å². The van der Waals surface area contributed by atoms with Crippen molar-refractivity contribution in [2.45, 2.75) is 9.92 Å². The Bertz CT molecular complexity index is 1020. The lowest BCUT2D eigenvalue weighted by molar-refractivity contribution is 0.585. The number of sulfone groups is 1. The third-order valence-corrected chi connectivity index (χ3v) is 6.15. The molecule has 0 aliphatic rings. The lowest BCUT2D eigenvalue weighted by atomic mass is 10.2. The highest BCUT2D eigenvalue weighted by Gasteiger charge is 2.21. The zero-order chi connectivity index (χ0) is 18.7. The highest BCUT2D eigenvalue weighted by atomic mass is 32.2. The van der Waals surface area contributed by atoms with E-state index >= 15 is 0 Å². The Morgan fingerprint density at radius 2 is 1.50 bits per heavy atom. The molecule has 0 aliphatic heterocycles. The van der Waals surface area contributed by atoms with Crippen LogP contribution in [0.5, 0.6) is 0 Å². The first-order valence-electron chi connectivity index (χ1n) is 8.31. The van der Waals surface area contributed by atoms with Gasteiger partial charge < -0.3 is 9.47 Å². The van der Waals surface area contributed by atoms with Gasteiger partial charge in [0.1, 0.15) is 5.03 Å². The van der Waals surface area contributed by atoms with Crippen molar-refractivity contribution in [1.29, 1.82) is 0 Å². The number of rotatable bonds is 5. The number of nitrogens with zero attached hydrogens (tertiary/aromatic N) is 2. The highest BCUT2D eigenvalue weighted by Crippen LogP contribution is 2.23. The SMILES string of the molecule is CN(C)c1ccc(/C=C\c2ccc(S(=O)(=O)c3ccccc3)n2C)cc1. The number of hydrogen-bond acceptors (Lipinski definition) is 3. The Kier molecular flexibility index (Phi) is 5.00. The van der Waals surface area contributed by atoms with Crippen LogP contribution in [0.25, 0.3) is 12.2 Å². The van der Waals surface area contributed by atoms with E-state index in [0.717, 1.165) is 16.9 Å². The predicted octanol–water partition coefficient (Wildman–Crippen LogP) is 4.09. The van der Waals surface area contributed by atoms with Crippen molar-refractivity contribution >= 4 is 27.7 Å². The first-order chi connectivity index (χ1) is 12.4. The molecule has 26 heavy (non-hydrogen) atoms. The zero-order valence-electron chi connectivity index (χ0n) is 15.1. The summed E-state index contributed by atoms with van der Waals surface area (Å²) in [4.78, 5) is 2.35. The Morgan fingerprint density at radius 3 is 2.12 bits per heavy atom. The molecule has 3 rings (SSSR count). The van der Waals surface area contributed by atoms with Gasteiger partial charge in [0.05, 0.1) is 4.90 Å². The molecule has 0 amide bonds. The van der Waals surface area contributed by atoms with Gasteiger partial charge in [-0.2, -0.15) is 0 Å². The molecule has 0 spiro atoms. The van der Waals surface area contributed by atoms with Gasteiger partial charge >= 0.3 is 0 Å². The molecular formula is C21H22N2O2S. The van der Waals surface area contributed by atoms with E-state index in [-0.39, 0.29) is 5.03 Å². The van der Waals surface area contributed by atoms with Crippen molar-refractivity contribution in [3.63, 3.8) is 0 Å². The Hall–Kier alpha value is -2.79. The minimum atomic E-state index is -3.52. The molecule has 1 aromatic heterocycles. The molecule has 0 radical (unpaired) electrons. The van der Waals surface area contributed by atoms with Crippen LogP contribution in [0.3, 0.4) is 0 Å². The summed E-state index contributed by atoms with van der Waals surface area (Å²) in [6.07, 6.45) is 3.91. The average molecular weight is 366 g/mol. The maximum Gasteiger partial charge on any atom is 0.222 e. The summed E-state index contributed by atoms with van der Waals surface area (Å²) in [6.45, 7) is 0. The van der Waals surface area contributed by atoms with Crippen molar-refractivity contribution < 1.29 is 8.42 Å². The molecule has 0 fully saturated rings. The van der Waals surface area contributed by atoms with Gasteiger partial charge in [0.2, 0.25) is 9.84 Å². The van der Waals surface area contributed by atoms with Crippen LogP contribution >= 0.6 is 0 Å². The summed E-state index contributed by atoms with van der Waals surface area (Å²) in [5.74, 6) is 0. The molecule has 134 valence electrons. The number of anilines is 1. The lowest BCUT2D eigenvalue weighted by Crippen LogP contribution is -2.08. The molecule has 0 bridgehead atoms. The molecule has 0 saturated heterocycles. The predicted molar refractivity (Wildman–Crippen MR) is 107 cm³/mol. The van der Waals surface area contributed by atoms with Crippen LogP contribution in [-0.2, 0) is 16.9 Å². The maximum atomic E-state index is 12.8. The third kappa shape index (κ3) is 3.58. The quantitative estimate of drug-likeness (QED) is 0.683. The van der Waals surface area contributed by atoms with Gasteiger partial charge in [-0.3, -0.25) is 0 Å². The monoisotopic (exact) mass is 366 g/mol. The molecule has 0 saturated carbocycles. The smallest absolute Gasteiger partial charge is 0.222 e. The summed E-state index contributed by atoms with van der Waals surface area (Å²) in [5.41, 5.74) is 3.03. The van der Waals surface area contributed by atoms with Gasteiger partial charge in [-0.25, -0.2) is 8.42 Å². The zero-order valence-corrected chi connectivity index (χ0v) is 15.9. The Morgan fingerprint density at radius 1 is 0.846 bits per heavy atom. The second-order valence-electron chi connectivity index (χ2n) is 6.29. The second kappa shape index (κ2) is 7.22. The van der Waals surface area contributed by atoms with E-state index in [9.17, 15) is 8.42 Å². The molecule has 0 unspecified atom stereocenters. The van der Waals surface area contributed by atoms with Crippen LogP contribution in [0.4, 0.5) is 5.69 Å². The summed E-state index contributed by atoms with van der Waals surface area (Å²) >= 11 is 0. The topological polar surface area (TPSA) is 42.3 Å². The van der Waals surface area contributed by atoms with Crippen LogP contribution in [0, 0.1) is 0 Å². The van der Waals surface area contributed by atoms with E-state index in [2.05, 4.69) is 12.1 Å². The Labute approximate surface area is 154 Å². The van der Waals surface area contributed by atoms with Gasteiger partial charge in [0.15, 0.2) is 0 Å². The van der Waals surface area contributed by atoms with Gasteiger partial charge in [-0.15, -0.1) is 0 Å². The van der Waals surface area contributed by atoms with Gasteiger partial charge in [-0.1, -0.05) is 36.4 Å². The molecule has 0 atom stereocenters. The molecule has 0 N–H and O–H groups in total. The molecule has 5 heteroatoms. The number of benzene rings is 2. The molecule has 3 aromatic rings. The average Bonchev–Trinajstić information content (AvgIpc) is 3.02. The fourth-order valence-corrected chi connectivity index (χ4v) is 4.20. The second-order valence-corrected chi connectivity index (χ2v) is 8.19. The van der Waals surface area contributed by atoms with E-state index < -0.39 is 9.84 Å². The molecule has 1 heterocycles. The van der Waals surface area contributed by atoms with E-state index in [1.54, 1.807) is 48.0 Å². The number of aromatic nitrogens is 1. The van der Waals surface area contributed by atoms with Crippen molar-refractivity contribution in [2.75, 3.05) is 19.0 Å². The summed E-state index contributed by atoms with van der Waals surface area (Å²) in [5, 5.41) is 0.284. The van der Waals surface area contributed by atoms with Crippen LogP contribution in [-0.4, -0.2) is 27.1 Å². The van der Waals surface area contributed by atoms with Crippen molar-refractivity contribution in [3.05, 3.63) is 78.0 Å². The standard InChI is InChI=1S/C21H22N2O2S/c1-22(2)18-12-9-17(10-13-18)11-14-19-15-16-21(23(19)3)26(24,25)20-7-5-4-6-8-20/h4-16H,1-3H3/b14-11-. The van der Waals surface area contributed by atoms with Crippen LogP contribution in [0.2, 0.25) is 0 Å². The third-order valence-electron chi connectivity index (χ3n) is 4.30. The lowest BCUT2D eigenvalue weighted by Gasteiger charge is -2.11. The van der Waals surface area contributed by atoms with Gasteiger partial charge in [0.25, 0.3) is 0 Å². The summed E-state index contributed by atoms with van der Waals surface area (Å²) < 4.78 is 27.3. The number of hydrogen-bond donors (Lipinski definition) is 0. The van der Waals surface area contributed by atoms with Crippen LogP contribution < -0.4 is 4.90 Å². The van der Waals surface area contributed by atoms with Crippen LogP contribution in [0.15, 0.2) is 76.7 Å². The fraction of sp³-hybridized carbons (Fsp3) is 0.143. The van der Waals surface area contributed by atoms with Crippen molar-refractivity contribution in [2.24, 2.45) is 7.05 Å². The van der Waals surface area contributed by atoms with E-state index in [4.69, 9.17) is 0 Å². The first kappa shape index (κ1) is 18.0. The van der Waals surface area contributed by atoms with E-state index in [0.29, 0.717) is 4.90 Å². The van der Waals surface area contributed by atoms with Gasteiger partial charge in [-0.05, 0) is 48.0 Å². The van der Waals surface area contributed by atoms with E-state index in [1.165, 1.54) is 0 Å². The van der Waals surface area contributed by atoms with Crippen molar-refractivity contribution in [1.82, 2.24) is 4.57 Å². The molecule has 4 nitrogen and oxygen atoms in total. The largest absolute Gasteiger partial charge is 0.378 e. The molecule has 2 aromatic carbocycles. The Balaban J connectivity index is 1.87. The van der Waals surface area contributed by atoms with Crippen LogP contribution in [0.1, 0.15) is 11.3 Å². The van der Waals surface area contributed by atoms with E-state index in [1.807, 2.05) is 49.3 Å². The minimum Gasteiger partial charge on any atom is -0.378 e. The molecular weight excluding hydrogens is 344 g/mol. The fourth-order valence-electron chi connectivity index (χ4n) is 2.73. The summed E-state index contributed by atoms with van der Waals surface area (Å²) in [6, 6.07) is 20.1. The maximum absolute atomic E-state index is 12.8. The molecule has 0 aliphatic carbocycles. The first-order valence-corrected chi connectivity index (χ1v) is 9.79. The summed E-state index contributed by atoms with van der Waals surface area (Å²) in [7, 11) is 2.25. The normalized spacial score (nSPS) is 11.8. The minimum absolute atomic E-state index is 0.284. The van der Waals surface area contributed by atoms with Crippen molar-refractivity contribution in [3.8, 4) is 0 Å².